The first kappa shape index (κ1) is 17.6. The molecule has 2 heteroatoms. The third-order valence-corrected chi connectivity index (χ3v) is 3.96. The fourth-order valence-electron chi connectivity index (χ4n) is 2.67. The van der Waals surface area contributed by atoms with Gasteiger partial charge in [0, 0.05) is 18.7 Å². The van der Waals surface area contributed by atoms with Gasteiger partial charge in [-0.25, -0.2) is 0 Å². The molecule has 0 saturated heterocycles. The van der Waals surface area contributed by atoms with Crippen LogP contribution in [-0.2, 0) is 13.1 Å². The van der Waals surface area contributed by atoms with Crippen LogP contribution in [0.5, 0.6) is 5.75 Å². The van der Waals surface area contributed by atoms with E-state index in [0.717, 1.165) is 31.9 Å². The number of para-hydroxylation sites is 1. The Morgan fingerprint density at radius 1 is 0.913 bits per heavy atom. The van der Waals surface area contributed by atoms with E-state index >= 15 is 0 Å². The molecular formula is C21H29NO. The maximum absolute atomic E-state index is 5.97. The van der Waals surface area contributed by atoms with Crippen molar-refractivity contribution in [3.8, 4) is 5.75 Å². The molecule has 0 aliphatic heterocycles. The second-order valence-corrected chi connectivity index (χ2v) is 6.11. The quantitative estimate of drug-likeness (QED) is 0.606. The Morgan fingerprint density at radius 3 is 2.61 bits per heavy atom. The molecule has 0 spiro atoms. The van der Waals surface area contributed by atoms with E-state index in [9.17, 15) is 0 Å². The summed E-state index contributed by atoms with van der Waals surface area (Å²) in [5.74, 6) is 1.01. The summed E-state index contributed by atoms with van der Waals surface area (Å²) in [6.45, 7) is 6.89. The summed E-state index contributed by atoms with van der Waals surface area (Å²) < 4.78 is 5.97. The van der Waals surface area contributed by atoms with E-state index in [1.165, 1.54) is 36.0 Å². The fourth-order valence-corrected chi connectivity index (χ4v) is 2.67. The molecule has 0 bridgehead atoms. The first-order valence-corrected chi connectivity index (χ1v) is 8.76. The molecule has 0 fully saturated rings. The molecule has 2 nitrogen and oxygen atoms in total. The Hall–Kier alpha value is -1.80. The van der Waals surface area contributed by atoms with E-state index in [1.54, 1.807) is 0 Å². The lowest BCUT2D eigenvalue weighted by atomic mass is 10.1. The number of hydrogen-bond acceptors (Lipinski definition) is 2. The highest BCUT2D eigenvalue weighted by Gasteiger charge is 2.03. The van der Waals surface area contributed by atoms with E-state index < -0.39 is 0 Å². The molecule has 0 radical (unpaired) electrons. The normalized spacial score (nSPS) is 10.7. The number of benzene rings is 2. The minimum atomic E-state index is 0.814. The Bertz CT molecular complexity index is 580. The fraction of sp³-hybridized carbons (Fsp3) is 0.429. The van der Waals surface area contributed by atoms with E-state index in [2.05, 4.69) is 61.6 Å². The molecule has 2 aromatic carbocycles. The largest absolute Gasteiger partial charge is 0.493 e. The first-order chi connectivity index (χ1) is 11.3. The maximum Gasteiger partial charge on any atom is 0.123 e. The Morgan fingerprint density at radius 2 is 1.78 bits per heavy atom. The van der Waals surface area contributed by atoms with Crippen molar-refractivity contribution >= 4 is 0 Å². The number of hydrogen-bond donors (Lipinski definition) is 1. The summed E-state index contributed by atoms with van der Waals surface area (Å²) in [5, 5.41) is 3.52. The van der Waals surface area contributed by atoms with Crippen LogP contribution in [0.25, 0.3) is 0 Å². The SMILES string of the molecule is CCCCCCOc1ccccc1CNCc1cccc(C)c1. The molecule has 0 aliphatic rings. The molecule has 0 saturated carbocycles. The monoisotopic (exact) mass is 311 g/mol. The van der Waals surface area contributed by atoms with Gasteiger partial charge >= 0.3 is 0 Å². The van der Waals surface area contributed by atoms with Gasteiger partial charge in [0.2, 0.25) is 0 Å². The van der Waals surface area contributed by atoms with Gasteiger partial charge < -0.3 is 10.1 Å². The predicted molar refractivity (Wildman–Crippen MR) is 97.8 cm³/mol. The maximum atomic E-state index is 5.97. The minimum Gasteiger partial charge on any atom is -0.493 e. The minimum absolute atomic E-state index is 0.814. The summed E-state index contributed by atoms with van der Waals surface area (Å²) in [6, 6.07) is 17.0. The Labute approximate surface area is 140 Å². The summed E-state index contributed by atoms with van der Waals surface area (Å²) in [4.78, 5) is 0. The number of unbranched alkanes of at least 4 members (excludes halogenated alkanes) is 3. The van der Waals surface area contributed by atoms with Crippen LogP contribution < -0.4 is 10.1 Å². The van der Waals surface area contributed by atoms with Crippen molar-refractivity contribution in [2.75, 3.05) is 6.61 Å². The third-order valence-electron chi connectivity index (χ3n) is 3.96. The van der Waals surface area contributed by atoms with Gasteiger partial charge in [0.25, 0.3) is 0 Å². The highest BCUT2D eigenvalue weighted by molar-refractivity contribution is 5.33. The van der Waals surface area contributed by atoms with Crippen LogP contribution in [-0.4, -0.2) is 6.61 Å². The van der Waals surface area contributed by atoms with Crippen molar-refractivity contribution in [2.24, 2.45) is 0 Å². The van der Waals surface area contributed by atoms with E-state index in [1.807, 2.05) is 6.07 Å². The number of ether oxygens (including phenoxy) is 1. The molecule has 0 amide bonds. The van der Waals surface area contributed by atoms with Crippen LogP contribution in [0.3, 0.4) is 0 Å². The second kappa shape index (κ2) is 10.1. The molecule has 2 rings (SSSR count). The van der Waals surface area contributed by atoms with Crippen molar-refractivity contribution in [2.45, 2.75) is 52.6 Å². The summed E-state index contributed by atoms with van der Waals surface area (Å²) in [7, 11) is 0. The summed E-state index contributed by atoms with van der Waals surface area (Å²) in [5.41, 5.74) is 3.86. The molecule has 23 heavy (non-hydrogen) atoms. The molecule has 0 heterocycles. The lowest BCUT2D eigenvalue weighted by Gasteiger charge is -2.12. The van der Waals surface area contributed by atoms with Gasteiger partial charge in [-0.05, 0) is 25.0 Å². The van der Waals surface area contributed by atoms with Crippen LogP contribution in [0.2, 0.25) is 0 Å². The van der Waals surface area contributed by atoms with Gasteiger partial charge in [-0.1, -0.05) is 74.2 Å². The summed E-state index contributed by atoms with van der Waals surface area (Å²) >= 11 is 0. The topological polar surface area (TPSA) is 21.3 Å². The van der Waals surface area contributed by atoms with Crippen molar-refractivity contribution < 1.29 is 4.74 Å². The van der Waals surface area contributed by atoms with Crippen LogP contribution in [0.4, 0.5) is 0 Å². The lowest BCUT2D eigenvalue weighted by Crippen LogP contribution is -2.14. The average molecular weight is 311 g/mol. The van der Waals surface area contributed by atoms with Gasteiger partial charge in [-0.3, -0.25) is 0 Å². The van der Waals surface area contributed by atoms with Gasteiger partial charge in [0.1, 0.15) is 5.75 Å². The van der Waals surface area contributed by atoms with Crippen LogP contribution in [0.15, 0.2) is 48.5 Å². The highest BCUT2D eigenvalue weighted by atomic mass is 16.5. The standard InChI is InChI=1S/C21H29NO/c1-3-4-5-8-14-23-21-13-7-6-12-20(21)17-22-16-19-11-9-10-18(2)15-19/h6-7,9-13,15,22H,3-5,8,14,16-17H2,1-2H3. The molecule has 0 aliphatic carbocycles. The molecule has 2 aromatic rings. The smallest absolute Gasteiger partial charge is 0.123 e. The van der Waals surface area contributed by atoms with E-state index in [0.29, 0.717) is 0 Å². The van der Waals surface area contributed by atoms with Crippen LogP contribution in [0.1, 0.15) is 49.3 Å². The van der Waals surface area contributed by atoms with Gasteiger partial charge in [-0.2, -0.15) is 0 Å². The lowest BCUT2D eigenvalue weighted by molar-refractivity contribution is 0.301. The van der Waals surface area contributed by atoms with Gasteiger partial charge in [-0.15, -0.1) is 0 Å². The highest BCUT2D eigenvalue weighted by Crippen LogP contribution is 2.18. The molecule has 0 atom stereocenters. The predicted octanol–water partition coefficient (Wildman–Crippen LogP) is 5.24. The molecular weight excluding hydrogens is 282 g/mol. The van der Waals surface area contributed by atoms with Crippen LogP contribution >= 0.6 is 0 Å². The number of aryl methyl sites for hydroxylation is 1. The second-order valence-electron chi connectivity index (χ2n) is 6.11. The average Bonchev–Trinajstić information content (AvgIpc) is 2.56. The first-order valence-electron chi connectivity index (χ1n) is 8.76. The molecule has 0 aromatic heterocycles. The zero-order valence-corrected chi connectivity index (χ0v) is 14.5. The summed E-state index contributed by atoms with van der Waals surface area (Å²) in [6.07, 6.45) is 4.95. The van der Waals surface area contributed by atoms with Gasteiger partial charge in [0.05, 0.1) is 6.61 Å². The Balaban J connectivity index is 1.80. The van der Waals surface area contributed by atoms with Crippen LogP contribution in [0, 0.1) is 6.92 Å². The van der Waals surface area contributed by atoms with Crippen molar-refractivity contribution in [1.82, 2.24) is 5.32 Å². The van der Waals surface area contributed by atoms with Crippen molar-refractivity contribution in [3.63, 3.8) is 0 Å². The zero-order valence-electron chi connectivity index (χ0n) is 14.5. The van der Waals surface area contributed by atoms with E-state index in [-0.39, 0.29) is 0 Å². The van der Waals surface area contributed by atoms with E-state index in [4.69, 9.17) is 4.74 Å². The van der Waals surface area contributed by atoms with Gasteiger partial charge in [0.15, 0.2) is 0 Å². The molecule has 0 unspecified atom stereocenters. The molecule has 1 N–H and O–H groups in total. The number of rotatable bonds is 10. The van der Waals surface area contributed by atoms with Crippen molar-refractivity contribution in [1.29, 1.82) is 0 Å². The molecule has 124 valence electrons. The Kier molecular flexibility index (Phi) is 7.68. The third kappa shape index (κ3) is 6.45. The number of nitrogens with one attached hydrogen (secondary N) is 1. The zero-order chi connectivity index (χ0) is 16.3. The van der Waals surface area contributed by atoms with Crippen molar-refractivity contribution in [3.05, 3.63) is 65.2 Å².